The Labute approximate surface area is 111 Å². The minimum atomic E-state index is 0.436. The number of hydrogen-bond acceptors (Lipinski definition) is 3. The second-order valence-corrected chi connectivity index (χ2v) is 5.20. The topological polar surface area (TPSA) is 25.4 Å². The molecule has 0 aliphatic carbocycles. The van der Waals surface area contributed by atoms with Crippen LogP contribution in [0.25, 0.3) is 0 Å². The van der Waals surface area contributed by atoms with Gasteiger partial charge in [0, 0.05) is 36.5 Å². The molecule has 0 atom stereocenters. The molecule has 17 heavy (non-hydrogen) atoms. The third kappa shape index (κ3) is 3.42. The van der Waals surface area contributed by atoms with Crippen molar-refractivity contribution in [1.29, 1.82) is 0 Å². The van der Waals surface area contributed by atoms with E-state index < -0.39 is 0 Å². The first-order valence-electron chi connectivity index (χ1n) is 6.14. The number of pyridine rings is 1. The number of alkyl halides is 1. The van der Waals surface area contributed by atoms with Gasteiger partial charge in [0.05, 0.1) is 12.7 Å². The van der Waals surface area contributed by atoms with Gasteiger partial charge in [-0.1, -0.05) is 15.9 Å². The van der Waals surface area contributed by atoms with E-state index in [1.807, 2.05) is 12.4 Å². The van der Waals surface area contributed by atoms with Gasteiger partial charge < -0.3 is 9.64 Å². The van der Waals surface area contributed by atoms with Crippen molar-refractivity contribution < 1.29 is 4.74 Å². The molecular formula is C13H19BrN2O. The van der Waals surface area contributed by atoms with Crippen molar-refractivity contribution >= 4 is 21.6 Å². The molecule has 4 heteroatoms. The Bertz CT molecular complexity index is 351. The Morgan fingerprint density at radius 3 is 2.88 bits per heavy atom. The van der Waals surface area contributed by atoms with Crippen LogP contribution in [0.15, 0.2) is 18.5 Å². The van der Waals surface area contributed by atoms with Crippen LogP contribution in [0.2, 0.25) is 0 Å². The fraction of sp³-hybridized carbons (Fsp3) is 0.615. The molecule has 0 saturated carbocycles. The highest BCUT2D eigenvalue weighted by Gasteiger charge is 2.20. The molecule has 2 rings (SSSR count). The van der Waals surface area contributed by atoms with Gasteiger partial charge in [0.1, 0.15) is 0 Å². The number of aromatic nitrogens is 1. The number of rotatable bonds is 4. The van der Waals surface area contributed by atoms with E-state index in [1.165, 1.54) is 11.3 Å². The zero-order valence-electron chi connectivity index (χ0n) is 10.2. The Hall–Kier alpha value is -0.610. The van der Waals surface area contributed by atoms with Crippen LogP contribution in [0.1, 0.15) is 18.4 Å². The van der Waals surface area contributed by atoms with Crippen LogP contribution in [0, 0.1) is 6.92 Å². The summed E-state index contributed by atoms with van der Waals surface area (Å²) in [5.41, 5.74) is 2.58. The number of halogens is 1. The average molecular weight is 299 g/mol. The number of hydrogen-bond donors (Lipinski definition) is 0. The molecule has 0 radical (unpaired) electrons. The molecule has 3 nitrogen and oxygen atoms in total. The van der Waals surface area contributed by atoms with Gasteiger partial charge in [-0.3, -0.25) is 4.98 Å². The number of piperidine rings is 1. The third-order valence-electron chi connectivity index (χ3n) is 3.20. The Kier molecular flexibility index (Phi) is 4.80. The summed E-state index contributed by atoms with van der Waals surface area (Å²) in [5, 5.41) is 0.927. The SMILES string of the molecule is Cc1cnccc1N1CCC(OCCBr)CC1. The molecule has 1 aliphatic rings. The van der Waals surface area contributed by atoms with E-state index in [0.717, 1.165) is 37.9 Å². The molecule has 1 fully saturated rings. The normalized spacial score (nSPS) is 17.4. The molecule has 0 bridgehead atoms. The van der Waals surface area contributed by atoms with E-state index in [0.29, 0.717) is 6.10 Å². The predicted molar refractivity (Wildman–Crippen MR) is 74.0 cm³/mol. The van der Waals surface area contributed by atoms with Gasteiger partial charge in [0.25, 0.3) is 0 Å². The van der Waals surface area contributed by atoms with Crippen LogP contribution in [-0.4, -0.2) is 36.1 Å². The monoisotopic (exact) mass is 298 g/mol. The van der Waals surface area contributed by atoms with E-state index in [-0.39, 0.29) is 0 Å². The molecule has 0 aromatic carbocycles. The molecule has 0 N–H and O–H groups in total. The minimum Gasteiger partial charge on any atom is -0.377 e. The van der Waals surface area contributed by atoms with Crippen LogP contribution in [-0.2, 0) is 4.74 Å². The highest BCUT2D eigenvalue weighted by atomic mass is 79.9. The summed E-state index contributed by atoms with van der Waals surface area (Å²) >= 11 is 3.39. The summed E-state index contributed by atoms with van der Waals surface area (Å²) in [6, 6.07) is 2.11. The van der Waals surface area contributed by atoms with Gasteiger partial charge in [-0.2, -0.15) is 0 Å². The molecule has 0 amide bonds. The van der Waals surface area contributed by atoms with Crippen LogP contribution in [0.3, 0.4) is 0 Å². The molecule has 1 saturated heterocycles. The lowest BCUT2D eigenvalue weighted by Crippen LogP contribution is -2.37. The Balaban J connectivity index is 1.89. The van der Waals surface area contributed by atoms with Crippen molar-refractivity contribution in [2.75, 3.05) is 29.9 Å². The summed E-state index contributed by atoms with van der Waals surface area (Å²) in [6.45, 7) is 5.10. The van der Waals surface area contributed by atoms with Crippen molar-refractivity contribution in [1.82, 2.24) is 4.98 Å². The molecule has 1 aliphatic heterocycles. The first kappa shape index (κ1) is 12.8. The van der Waals surface area contributed by atoms with Gasteiger partial charge in [-0.15, -0.1) is 0 Å². The molecule has 0 unspecified atom stereocenters. The molecule has 1 aromatic heterocycles. The predicted octanol–water partition coefficient (Wildman–Crippen LogP) is 2.77. The highest BCUT2D eigenvalue weighted by Crippen LogP contribution is 2.23. The summed E-state index contributed by atoms with van der Waals surface area (Å²) < 4.78 is 5.76. The average Bonchev–Trinajstić information content (AvgIpc) is 2.38. The molecule has 94 valence electrons. The minimum absolute atomic E-state index is 0.436. The van der Waals surface area contributed by atoms with Crippen molar-refractivity contribution in [3.05, 3.63) is 24.0 Å². The zero-order chi connectivity index (χ0) is 12.1. The van der Waals surface area contributed by atoms with E-state index in [9.17, 15) is 0 Å². The molecule has 0 spiro atoms. The van der Waals surface area contributed by atoms with Crippen molar-refractivity contribution in [3.8, 4) is 0 Å². The van der Waals surface area contributed by atoms with E-state index in [2.05, 4.69) is 38.8 Å². The van der Waals surface area contributed by atoms with Gasteiger partial charge in [0.15, 0.2) is 0 Å². The van der Waals surface area contributed by atoms with Crippen molar-refractivity contribution in [2.24, 2.45) is 0 Å². The fourth-order valence-electron chi connectivity index (χ4n) is 2.30. The maximum atomic E-state index is 5.76. The highest BCUT2D eigenvalue weighted by molar-refractivity contribution is 9.09. The lowest BCUT2D eigenvalue weighted by atomic mass is 10.1. The second-order valence-electron chi connectivity index (χ2n) is 4.41. The van der Waals surface area contributed by atoms with E-state index in [4.69, 9.17) is 4.74 Å². The maximum Gasteiger partial charge on any atom is 0.0609 e. The second kappa shape index (κ2) is 6.36. The maximum absolute atomic E-state index is 5.76. The number of aryl methyl sites for hydroxylation is 1. The summed E-state index contributed by atoms with van der Waals surface area (Å²) in [6.07, 6.45) is 6.48. The zero-order valence-corrected chi connectivity index (χ0v) is 11.8. The van der Waals surface area contributed by atoms with Gasteiger partial charge in [-0.05, 0) is 31.4 Å². The quantitative estimate of drug-likeness (QED) is 0.799. The Morgan fingerprint density at radius 2 is 2.24 bits per heavy atom. The van der Waals surface area contributed by atoms with E-state index >= 15 is 0 Å². The number of anilines is 1. The van der Waals surface area contributed by atoms with Crippen LogP contribution in [0.4, 0.5) is 5.69 Å². The number of nitrogens with zero attached hydrogens (tertiary/aromatic N) is 2. The summed E-state index contributed by atoms with van der Waals surface area (Å²) in [5.74, 6) is 0. The van der Waals surface area contributed by atoms with Gasteiger partial charge in [-0.25, -0.2) is 0 Å². The fourth-order valence-corrected chi connectivity index (χ4v) is 2.48. The molecule has 2 heterocycles. The lowest BCUT2D eigenvalue weighted by molar-refractivity contribution is 0.0481. The van der Waals surface area contributed by atoms with Crippen molar-refractivity contribution in [3.63, 3.8) is 0 Å². The first-order valence-corrected chi connectivity index (χ1v) is 7.26. The van der Waals surface area contributed by atoms with Crippen LogP contribution >= 0.6 is 15.9 Å². The number of ether oxygens (including phenoxy) is 1. The molecule has 1 aromatic rings. The standard InChI is InChI=1S/C13H19BrN2O/c1-11-10-15-6-2-13(11)16-7-3-12(4-8-16)17-9-5-14/h2,6,10,12H,3-5,7-9H2,1H3. The van der Waals surface area contributed by atoms with Crippen LogP contribution < -0.4 is 4.90 Å². The van der Waals surface area contributed by atoms with Crippen LogP contribution in [0.5, 0.6) is 0 Å². The van der Waals surface area contributed by atoms with Crippen molar-refractivity contribution in [2.45, 2.75) is 25.9 Å². The van der Waals surface area contributed by atoms with E-state index in [1.54, 1.807) is 0 Å². The largest absolute Gasteiger partial charge is 0.377 e. The van der Waals surface area contributed by atoms with Gasteiger partial charge >= 0.3 is 0 Å². The Morgan fingerprint density at radius 1 is 1.47 bits per heavy atom. The van der Waals surface area contributed by atoms with Gasteiger partial charge in [0.2, 0.25) is 0 Å². The lowest BCUT2D eigenvalue weighted by Gasteiger charge is -2.34. The first-order chi connectivity index (χ1) is 8.31. The summed E-state index contributed by atoms with van der Waals surface area (Å²) in [4.78, 5) is 6.57. The molecular weight excluding hydrogens is 280 g/mol. The smallest absolute Gasteiger partial charge is 0.0609 e. The summed E-state index contributed by atoms with van der Waals surface area (Å²) in [7, 11) is 0. The third-order valence-corrected chi connectivity index (χ3v) is 3.53.